The second-order valence-electron chi connectivity index (χ2n) is 5.84. The molecule has 0 amide bonds. The van der Waals surface area contributed by atoms with Gasteiger partial charge in [-0.3, -0.25) is 4.98 Å². The van der Waals surface area contributed by atoms with Gasteiger partial charge < -0.3 is 5.73 Å². The van der Waals surface area contributed by atoms with Gasteiger partial charge in [-0.05, 0) is 52.9 Å². The van der Waals surface area contributed by atoms with Crippen molar-refractivity contribution in [3.05, 3.63) is 87.3 Å². The lowest BCUT2D eigenvalue weighted by Gasteiger charge is -2.12. The molecule has 3 nitrogen and oxygen atoms in total. The predicted molar refractivity (Wildman–Crippen MR) is 94.6 cm³/mol. The standard InChI is InChI=1S/C19H16ClF2N3/c1-11-14(6-12-2-3-16(20)8-17(12)21)9-24-10-15(11)7-13-4-5-25-19(23)18(13)22/h2-5,8-10H,6-7H2,1H3,(H2,23,25). The summed E-state index contributed by atoms with van der Waals surface area (Å²) in [6.45, 7) is 1.92. The van der Waals surface area contributed by atoms with E-state index in [2.05, 4.69) is 9.97 Å². The molecule has 2 aromatic heterocycles. The molecule has 3 aromatic rings. The van der Waals surface area contributed by atoms with Crippen molar-refractivity contribution >= 4 is 17.4 Å². The third-order valence-corrected chi connectivity index (χ3v) is 4.43. The monoisotopic (exact) mass is 359 g/mol. The molecule has 2 N–H and O–H groups in total. The van der Waals surface area contributed by atoms with E-state index in [1.54, 1.807) is 30.6 Å². The first-order valence-electron chi connectivity index (χ1n) is 7.71. The molecule has 0 saturated carbocycles. The van der Waals surface area contributed by atoms with E-state index in [4.69, 9.17) is 17.3 Å². The second-order valence-corrected chi connectivity index (χ2v) is 6.28. The normalized spacial score (nSPS) is 10.9. The lowest BCUT2D eigenvalue weighted by atomic mass is 9.96. The highest BCUT2D eigenvalue weighted by molar-refractivity contribution is 6.30. The van der Waals surface area contributed by atoms with E-state index in [9.17, 15) is 8.78 Å². The van der Waals surface area contributed by atoms with Crippen LogP contribution in [0.3, 0.4) is 0 Å². The van der Waals surface area contributed by atoms with E-state index in [0.717, 1.165) is 16.7 Å². The minimum Gasteiger partial charge on any atom is -0.381 e. The lowest BCUT2D eigenvalue weighted by Crippen LogP contribution is -2.04. The topological polar surface area (TPSA) is 51.8 Å². The van der Waals surface area contributed by atoms with Gasteiger partial charge in [0.1, 0.15) is 5.82 Å². The van der Waals surface area contributed by atoms with Crippen LogP contribution in [-0.4, -0.2) is 9.97 Å². The number of nitrogens with two attached hydrogens (primary N) is 1. The summed E-state index contributed by atoms with van der Waals surface area (Å²) in [6, 6.07) is 6.20. The summed E-state index contributed by atoms with van der Waals surface area (Å²) in [4.78, 5) is 7.95. The number of halogens is 3. The summed E-state index contributed by atoms with van der Waals surface area (Å²) in [6.07, 6.45) is 5.59. The Morgan fingerprint density at radius 1 is 1.00 bits per heavy atom. The van der Waals surface area contributed by atoms with Crippen molar-refractivity contribution in [1.82, 2.24) is 9.97 Å². The van der Waals surface area contributed by atoms with Crippen molar-refractivity contribution in [1.29, 1.82) is 0 Å². The molecule has 25 heavy (non-hydrogen) atoms. The van der Waals surface area contributed by atoms with Crippen LogP contribution in [0.4, 0.5) is 14.6 Å². The number of pyridine rings is 2. The molecule has 3 rings (SSSR count). The summed E-state index contributed by atoms with van der Waals surface area (Å²) >= 11 is 5.79. The number of anilines is 1. The molecule has 2 heterocycles. The van der Waals surface area contributed by atoms with E-state index in [0.29, 0.717) is 29.0 Å². The Labute approximate surface area is 149 Å². The van der Waals surface area contributed by atoms with Gasteiger partial charge in [0.25, 0.3) is 0 Å². The Kier molecular flexibility index (Phi) is 4.95. The molecule has 0 aliphatic rings. The molecule has 128 valence electrons. The number of hydrogen-bond acceptors (Lipinski definition) is 3. The average molecular weight is 360 g/mol. The summed E-state index contributed by atoms with van der Waals surface area (Å²) in [5.74, 6) is -0.996. The van der Waals surface area contributed by atoms with Gasteiger partial charge in [-0.15, -0.1) is 0 Å². The summed E-state index contributed by atoms with van der Waals surface area (Å²) in [7, 11) is 0. The number of hydrogen-bond donors (Lipinski definition) is 1. The van der Waals surface area contributed by atoms with Gasteiger partial charge in [-0.25, -0.2) is 13.8 Å². The molecule has 0 atom stereocenters. The fourth-order valence-corrected chi connectivity index (χ4v) is 2.85. The summed E-state index contributed by atoms with van der Waals surface area (Å²) in [5.41, 5.74) is 9.18. The Morgan fingerprint density at radius 3 is 2.36 bits per heavy atom. The van der Waals surface area contributed by atoms with Crippen LogP contribution in [0.1, 0.15) is 27.8 Å². The number of nitrogen functional groups attached to an aromatic ring is 1. The molecule has 0 unspecified atom stereocenters. The smallest absolute Gasteiger partial charge is 0.168 e. The maximum atomic E-state index is 14.1. The SMILES string of the molecule is Cc1c(Cc2ccc(Cl)cc2F)cncc1Cc1ccnc(N)c1F. The molecular formula is C19H16ClF2N3. The highest BCUT2D eigenvalue weighted by Gasteiger charge is 2.12. The van der Waals surface area contributed by atoms with Crippen molar-refractivity contribution < 1.29 is 8.78 Å². The van der Waals surface area contributed by atoms with Crippen LogP contribution in [0.15, 0.2) is 42.9 Å². The Balaban J connectivity index is 1.91. The molecule has 0 radical (unpaired) electrons. The fraction of sp³-hybridized carbons (Fsp3) is 0.158. The van der Waals surface area contributed by atoms with E-state index in [1.807, 2.05) is 6.92 Å². The zero-order valence-electron chi connectivity index (χ0n) is 13.6. The first-order valence-corrected chi connectivity index (χ1v) is 8.08. The molecule has 6 heteroatoms. The highest BCUT2D eigenvalue weighted by Crippen LogP contribution is 2.23. The quantitative estimate of drug-likeness (QED) is 0.747. The molecule has 0 bridgehead atoms. The second kappa shape index (κ2) is 7.15. The van der Waals surface area contributed by atoms with Crippen LogP contribution < -0.4 is 5.73 Å². The number of rotatable bonds is 4. The zero-order chi connectivity index (χ0) is 18.0. The predicted octanol–water partition coefficient (Wildman–Crippen LogP) is 4.48. The summed E-state index contributed by atoms with van der Waals surface area (Å²) in [5, 5.41) is 0.357. The Hall–Kier alpha value is -2.53. The number of nitrogens with zero attached hydrogens (tertiary/aromatic N) is 2. The van der Waals surface area contributed by atoms with E-state index in [1.165, 1.54) is 12.3 Å². The van der Waals surface area contributed by atoms with Crippen LogP contribution in [0.25, 0.3) is 0 Å². The van der Waals surface area contributed by atoms with Crippen molar-refractivity contribution in [3.8, 4) is 0 Å². The van der Waals surface area contributed by atoms with Gasteiger partial charge in [0.2, 0.25) is 0 Å². The van der Waals surface area contributed by atoms with E-state index >= 15 is 0 Å². The van der Waals surface area contributed by atoms with Crippen LogP contribution in [0, 0.1) is 18.6 Å². The molecule has 0 spiro atoms. The average Bonchev–Trinajstić information content (AvgIpc) is 2.57. The van der Waals surface area contributed by atoms with Crippen molar-refractivity contribution in [3.63, 3.8) is 0 Å². The maximum Gasteiger partial charge on any atom is 0.168 e. The van der Waals surface area contributed by atoms with Crippen LogP contribution in [0.2, 0.25) is 5.02 Å². The Morgan fingerprint density at radius 2 is 1.68 bits per heavy atom. The minimum absolute atomic E-state index is 0.123. The van der Waals surface area contributed by atoms with Crippen molar-refractivity contribution in [2.24, 2.45) is 0 Å². The molecule has 0 aliphatic heterocycles. The van der Waals surface area contributed by atoms with Gasteiger partial charge in [-0.2, -0.15) is 0 Å². The van der Waals surface area contributed by atoms with Crippen LogP contribution >= 0.6 is 11.6 Å². The van der Waals surface area contributed by atoms with Gasteiger partial charge in [0, 0.05) is 36.5 Å². The molecule has 1 aromatic carbocycles. The van der Waals surface area contributed by atoms with Gasteiger partial charge >= 0.3 is 0 Å². The van der Waals surface area contributed by atoms with Crippen LogP contribution in [-0.2, 0) is 12.8 Å². The van der Waals surface area contributed by atoms with Gasteiger partial charge in [0.15, 0.2) is 11.6 Å². The van der Waals surface area contributed by atoms with E-state index < -0.39 is 5.82 Å². The molecule has 0 aliphatic carbocycles. The zero-order valence-corrected chi connectivity index (χ0v) is 14.3. The van der Waals surface area contributed by atoms with Crippen molar-refractivity contribution in [2.75, 3.05) is 5.73 Å². The van der Waals surface area contributed by atoms with E-state index in [-0.39, 0.29) is 11.6 Å². The highest BCUT2D eigenvalue weighted by atomic mass is 35.5. The third kappa shape index (κ3) is 3.77. The number of benzene rings is 1. The van der Waals surface area contributed by atoms with Crippen molar-refractivity contribution in [2.45, 2.75) is 19.8 Å². The largest absolute Gasteiger partial charge is 0.381 e. The molecule has 0 fully saturated rings. The third-order valence-electron chi connectivity index (χ3n) is 4.20. The first-order chi connectivity index (χ1) is 12.0. The molecular weight excluding hydrogens is 344 g/mol. The summed E-state index contributed by atoms with van der Waals surface area (Å²) < 4.78 is 28.1. The van der Waals surface area contributed by atoms with Crippen LogP contribution in [0.5, 0.6) is 0 Å². The minimum atomic E-state index is -0.518. The number of aromatic nitrogens is 2. The maximum absolute atomic E-state index is 14.1. The Bertz CT molecular complexity index is 929. The van der Waals surface area contributed by atoms with Gasteiger partial charge in [0.05, 0.1) is 0 Å². The van der Waals surface area contributed by atoms with Gasteiger partial charge in [-0.1, -0.05) is 17.7 Å². The lowest BCUT2D eigenvalue weighted by molar-refractivity contribution is 0.612. The fourth-order valence-electron chi connectivity index (χ4n) is 2.69. The molecule has 0 saturated heterocycles. The first kappa shape index (κ1) is 17.3.